The van der Waals surface area contributed by atoms with E-state index in [0.717, 1.165) is 70.6 Å². The molecule has 1 rings (SSSR count). The van der Waals surface area contributed by atoms with E-state index in [1.807, 2.05) is 0 Å². The van der Waals surface area contributed by atoms with Crippen LogP contribution in [0.2, 0.25) is 0 Å². The fourth-order valence-corrected chi connectivity index (χ4v) is 8.09. The fourth-order valence-electron chi connectivity index (χ4n) is 7.58. The highest BCUT2D eigenvalue weighted by Gasteiger charge is 2.48. The lowest BCUT2D eigenvalue weighted by Crippen LogP contribution is -2.60. The van der Waals surface area contributed by atoms with Crippen LogP contribution in [0.25, 0.3) is 0 Å². The molecule has 1 fully saturated rings. The lowest BCUT2D eigenvalue weighted by atomic mass is 9.99. The van der Waals surface area contributed by atoms with Crippen LogP contribution in [-0.4, -0.2) is 97.5 Å². The molecule has 0 saturated carbocycles. The minimum absolute atomic E-state index is 0.0225. The van der Waals surface area contributed by atoms with Crippen molar-refractivity contribution in [2.75, 3.05) is 26.4 Å². The molecule has 1 aliphatic rings. The standard InChI is InChI=1S/C52H92O12S/c1-3-5-7-9-11-13-15-17-19-21-23-25-27-29-31-33-35-37-39-41-48(54)62-46(45-61-52-50(56)51(64-65(57,58)59)49(55)47(43-53)63-52)44-60-42-40-38-36-34-32-30-28-26-24-22-20-18-16-14-12-10-8-6-4-2/h5,7,11,13,17,19,23,25,29,31,46-47,49-53,55-56H,3-4,6,8-10,12,14-16,18,20-22,24,26-28,30,32-45H2,1-2H3,(H,57,58,59)/b7-5-,13-11-,19-17-,25-23-,31-29-. The lowest BCUT2D eigenvalue weighted by molar-refractivity contribution is -0.301. The molecular weight excluding hydrogens is 849 g/mol. The average molecular weight is 941 g/mol. The Labute approximate surface area is 395 Å². The maximum absolute atomic E-state index is 12.9. The van der Waals surface area contributed by atoms with E-state index >= 15 is 0 Å². The molecular formula is C52H92O12S. The summed E-state index contributed by atoms with van der Waals surface area (Å²) in [5, 5.41) is 30.7. The Balaban J connectivity index is 2.39. The first-order chi connectivity index (χ1) is 31.6. The van der Waals surface area contributed by atoms with E-state index in [9.17, 15) is 33.1 Å². The molecule has 1 heterocycles. The first-order valence-corrected chi connectivity index (χ1v) is 26.9. The van der Waals surface area contributed by atoms with Gasteiger partial charge in [-0.05, 0) is 57.8 Å². The Morgan fingerprint density at radius 2 is 1.06 bits per heavy atom. The molecule has 4 N–H and O–H groups in total. The molecule has 0 aromatic carbocycles. The van der Waals surface area contributed by atoms with Gasteiger partial charge in [-0.25, -0.2) is 4.18 Å². The zero-order valence-corrected chi connectivity index (χ0v) is 41.4. The second-order valence-electron chi connectivity index (χ2n) is 17.4. The maximum Gasteiger partial charge on any atom is 0.397 e. The summed E-state index contributed by atoms with van der Waals surface area (Å²) in [5.74, 6) is -0.429. The highest BCUT2D eigenvalue weighted by molar-refractivity contribution is 7.80. The Morgan fingerprint density at radius 3 is 1.54 bits per heavy atom. The van der Waals surface area contributed by atoms with Gasteiger partial charge >= 0.3 is 16.4 Å². The molecule has 13 heteroatoms. The number of esters is 1. The summed E-state index contributed by atoms with van der Waals surface area (Å²) in [6, 6.07) is 0. The Bertz CT molecular complexity index is 1360. The summed E-state index contributed by atoms with van der Waals surface area (Å²) in [6.07, 6.45) is 45.4. The first-order valence-electron chi connectivity index (χ1n) is 25.5. The van der Waals surface area contributed by atoms with Gasteiger partial charge in [0, 0.05) is 13.0 Å². The van der Waals surface area contributed by atoms with Crippen molar-refractivity contribution >= 4 is 16.4 Å². The number of carbonyl (C=O) groups excluding carboxylic acids is 1. The van der Waals surface area contributed by atoms with Crippen LogP contribution in [0.1, 0.15) is 200 Å². The van der Waals surface area contributed by atoms with Crippen LogP contribution in [0, 0.1) is 0 Å². The van der Waals surface area contributed by atoms with Gasteiger partial charge in [-0.15, -0.1) is 0 Å². The molecule has 0 radical (unpaired) electrons. The number of unbranched alkanes of at least 4 members (excludes halogenated alkanes) is 21. The number of rotatable bonds is 44. The SMILES string of the molecule is CC/C=C\C/C=C\C/C=C\C/C=C\C/C=C\CCCCCC(=O)OC(COCCCCCCCCCCCCCCCCCCCCC)COC1OC(CO)C(O)C(OS(=O)(=O)O)C1O. The average Bonchev–Trinajstić information content (AvgIpc) is 3.28. The summed E-state index contributed by atoms with van der Waals surface area (Å²) in [5.41, 5.74) is 0. The largest absolute Gasteiger partial charge is 0.457 e. The van der Waals surface area contributed by atoms with E-state index in [1.54, 1.807) is 0 Å². The van der Waals surface area contributed by atoms with Gasteiger partial charge in [-0.2, -0.15) is 8.42 Å². The summed E-state index contributed by atoms with van der Waals surface area (Å²) in [7, 11) is -5.07. The third kappa shape index (κ3) is 36.5. The number of aliphatic hydroxyl groups excluding tert-OH is 3. The second-order valence-corrected chi connectivity index (χ2v) is 18.4. The molecule has 65 heavy (non-hydrogen) atoms. The third-order valence-corrected chi connectivity index (χ3v) is 11.9. The number of aliphatic hydroxyl groups is 3. The van der Waals surface area contributed by atoms with E-state index in [-0.39, 0.29) is 19.6 Å². The number of hydrogen-bond acceptors (Lipinski definition) is 11. The molecule has 0 spiro atoms. The topological polar surface area (TPSA) is 178 Å². The molecule has 0 amide bonds. The molecule has 1 aliphatic heterocycles. The molecule has 0 aliphatic carbocycles. The minimum Gasteiger partial charge on any atom is -0.457 e. The van der Waals surface area contributed by atoms with Crippen LogP contribution in [0.15, 0.2) is 60.8 Å². The quantitative estimate of drug-likeness (QED) is 0.0197. The molecule has 378 valence electrons. The highest BCUT2D eigenvalue weighted by atomic mass is 32.3. The number of ether oxygens (including phenoxy) is 4. The zero-order chi connectivity index (χ0) is 47.5. The Kier molecular flexibility index (Phi) is 40.3. The van der Waals surface area contributed by atoms with E-state index in [0.29, 0.717) is 13.0 Å². The van der Waals surface area contributed by atoms with Crippen molar-refractivity contribution in [3.05, 3.63) is 60.8 Å². The monoisotopic (exact) mass is 941 g/mol. The van der Waals surface area contributed by atoms with Gasteiger partial charge < -0.3 is 34.3 Å². The van der Waals surface area contributed by atoms with E-state index < -0.39 is 59.8 Å². The van der Waals surface area contributed by atoms with Crippen molar-refractivity contribution < 1.29 is 56.2 Å². The lowest BCUT2D eigenvalue weighted by Gasteiger charge is -2.41. The molecule has 0 bridgehead atoms. The highest BCUT2D eigenvalue weighted by Crippen LogP contribution is 2.26. The van der Waals surface area contributed by atoms with Crippen molar-refractivity contribution in [1.29, 1.82) is 0 Å². The van der Waals surface area contributed by atoms with Gasteiger partial charge in [0.05, 0.1) is 19.8 Å². The van der Waals surface area contributed by atoms with Gasteiger partial charge in [0.15, 0.2) is 6.29 Å². The predicted octanol–water partition coefficient (Wildman–Crippen LogP) is 11.7. The van der Waals surface area contributed by atoms with Crippen LogP contribution in [0.4, 0.5) is 0 Å². The smallest absolute Gasteiger partial charge is 0.397 e. The van der Waals surface area contributed by atoms with Crippen LogP contribution in [-0.2, 0) is 38.3 Å². The van der Waals surface area contributed by atoms with Gasteiger partial charge in [0.2, 0.25) is 0 Å². The van der Waals surface area contributed by atoms with E-state index in [2.05, 4.69) is 78.8 Å². The predicted molar refractivity (Wildman–Crippen MR) is 262 cm³/mol. The number of allylic oxidation sites excluding steroid dienone is 10. The molecule has 6 atom stereocenters. The Hall–Kier alpha value is -2.20. The van der Waals surface area contributed by atoms with Crippen molar-refractivity contribution in [3.8, 4) is 0 Å². The number of hydrogen-bond donors (Lipinski definition) is 4. The summed E-state index contributed by atoms with van der Waals surface area (Å²) < 4.78 is 59.2. The third-order valence-electron chi connectivity index (χ3n) is 11.4. The minimum atomic E-state index is -5.07. The maximum atomic E-state index is 12.9. The van der Waals surface area contributed by atoms with Gasteiger partial charge in [0.1, 0.15) is 30.5 Å². The van der Waals surface area contributed by atoms with Crippen LogP contribution in [0.3, 0.4) is 0 Å². The molecule has 1 saturated heterocycles. The molecule has 6 unspecified atom stereocenters. The summed E-state index contributed by atoms with van der Waals surface area (Å²) in [6.45, 7) is 3.86. The zero-order valence-electron chi connectivity index (χ0n) is 40.5. The summed E-state index contributed by atoms with van der Waals surface area (Å²) >= 11 is 0. The van der Waals surface area contributed by atoms with Crippen LogP contribution in [0.5, 0.6) is 0 Å². The van der Waals surface area contributed by atoms with Gasteiger partial charge in [-0.3, -0.25) is 9.35 Å². The van der Waals surface area contributed by atoms with Crippen molar-refractivity contribution in [3.63, 3.8) is 0 Å². The fraction of sp³-hybridized carbons (Fsp3) is 0.788. The van der Waals surface area contributed by atoms with Crippen molar-refractivity contribution in [2.24, 2.45) is 0 Å². The van der Waals surface area contributed by atoms with E-state index in [4.69, 9.17) is 18.9 Å². The molecule has 12 nitrogen and oxygen atoms in total. The van der Waals surface area contributed by atoms with Crippen LogP contribution >= 0.6 is 0 Å². The van der Waals surface area contributed by atoms with Gasteiger partial charge in [0.25, 0.3) is 0 Å². The van der Waals surface area contributed by atoms with Crippen molar-refractivity contribution in [1.82, 2.24) is 0 Å². The first kappa shape index (κ1) is 60.8. The molecule has 0 aromatic heterocycles. The molecule has 0 aromatic rings. The summed E-state index contributed by atoms with van der Waals surface area (Å²) in [4.78, 5) is 12.9. The van der Waals surface area contributed by atoms with Crippen LogP contribution < -0.4 is 0 Å². The van der Waals surface area contributed by atoms with Gasteiger partial charge in [-0.1, -0.05) is 197 Å². The second kappa shape index (κ2) is 43.1. The number of carbonyl (C=O) groups is 1. The Morgan fingerprint density at radius 1 is 0.600 bits per heavy atom. The normalized spacial score (nSPS) is 20.1. The van der Waals surface area contributed by atoms with E-state index in [1.165, 1.54) is 103 Å². The van der Waals surface area contributed by atoms with Crippen molar-refractivity contribution in [2.45, 2.75) is 237 Å².